The molecule has 0 atom stereocenters. The number of nitrogens with zero attached hydrogens (tertiary/aromatic N) is 3. The minimum absolute atomic E-state index is 0.282. The zero-order valence-corrected chi connectivity index (χ0v) is 27.7. The van der Waals surface area contributed by atoms with Crippen LogP contribution in [0.25, 0.3) is 28.1 Å². The van der Waals surface area contributed by atoms with Gasteiger partial charge in [0.25, 0.3) is 5.91 Å². The molecule has 1 aromatic heterocycles. The van der Waals surface area contributed by atoms with Crippen molar-refractivity contribution in [3.63, 3.8) is 0 Å². The number of ether oxygens (including phenoxy) is 1. The first kappa shape index (κ1) is 31.3. The van der Waals surface area contributed by atoms with Gasteiger partial charge in [0.15, 0.2) is 0 Å². The second-order valence-corrected chi connectivity index (χ2v) is 14.4. The van der Waals surface area contributed by atoms with Crippen molar-refractivity contribution in [1.29, 1.82) is 0 Å². The van der Waals surface area contributed by atoms with E-state index in [0.29, 0.717) is 39.5 Å². The molecule has 2 heterocycles. The molecule has 1 aliphatic heterocycles. The van der Waals surface area contributed by atoms with Crippen LogP contribution in [0.1, 0.15) is 37.1 Å². The fourth-order valence-electron chi connectivity index (χ4n) is 6.22. The minimum atomic E-state index is -3.96. The Bertz CT molecular complexity index is 2060. The van der Waals surface area contributed by atoms with Crippen LogP contribution < -0.4 is 13.8 Å². The van der Waals surface area contributed by atoms with Gasteiger partial charge in [0.05, 0.1) is 23.0 Å². The lowest BCUT2D eigenvalue weighted by Crippen LogP contribution is -2.29. The van der Waals surface area contributed by atoms with Gasteiger partial charge in [0.2, 0.25) is 0 Å². The van der Waals surface area contributed by atoms with Crippen LogP contribution in [0.5, 0.6) is 5.75 Å². The highest BCUT2D eigenvalue weighted by atomic mass is 35.5. The second kappa shape index (κ2) is 13.1. The third-order valence-electron chi connectivity index (χ3n) is 8.65. The smallest absolute Gasteiger partial charge is 0.326 e. The van der Waals surface area contributed by atoms with E-state index in [-0.39, 0.29) is 6.54 Å². The van der Waals surface area contributed by atoms with E-state index in [0.717, 1.165) is 44.7 Å². The van der Waals surface area contributed by atoms with Crippen molar-refractivity contribution in [1.82, 2.24) is 14.3 Å². The van der Waals surface area contributed by atoms with E-state index in [2.05, 4.69) is 36.4 Å². The lowest BCUT2D eigenvalue weighted by atomic mass is 10.0. The summed E-state index contributed by atoms with van der Waals surface area (Å²) in [6.45, 7) is 0.486. The van der Waals surface area contributed by atoms with Crippen molar-refractivity contribution >= 4 is 45.0 Å². The van der Waals surface area contributed by atoms with Crippen molar-refractivity contribution in [2.24, 2.45) is 5.92 Å². The monoisotopic (exact) mass is 686 g/mol. The average Bonchev–Trinajstić information content (AvgIpc) is 3.79. The van der Waals surface area contributed by atoms with Crippen LogP contribution in [0.15, 0.2) is 97.2 Å². The largest absolute Gasteiger partial charge is 0.493 e. The van der Waals surface area contributed by atoms with Crippen LogP contribution >= 0.6 is 23.2 Å². The molecule has 2 fully saturated rings. The van der Waals surface area contributed by atoms with E-state index in [4.69, 9.17) is 32.9 Å². The number of carbonyl (C=O) groups excluding carboxylic acids is 1. The molecule has 0 bridgehead atoms. The van der Waals surface area contributed by atoms with Gasteiger partial charge in [-0.1, -0.05) is 78.5 Å². The van der Waals surface area contributed by atoms with Crippen LogP contribution in [-0.2, 0) is 21.4 Å². The summed E-state index contributed by atoms with van der Waals surface area (Å²) in [5.74, 6) is 1.68. The number of benzene rings is 4. The van der Waals surface area contributed by atoms with Crippen LogP contribution in [-0.4, -0.2) is 37.0 Å². The Labute approximate surface area is 284 Å². The van der Waals surface area contributed by atoms with Gasteiger partial charge in [-0.3, -0.25) is 4.79 Å². The van der Waals surface area contributed by atoms with E-state index >= 15 is 0 Å². The normalized spacial score (nSPS) is 16.0. The van der Waals surface area contributed by atoms with E-state index < -0.39 is 16.1 Å². The molecule has 11 heteroatoms. The summed E-state index contributed by atoms with van der Waals surface area (Å²) in [7, 11) is -3.96. The maximum atomic E-state index is 12.6. The van der Waals surface area contributed by atoms with Crippen molar-refractivity contribution in [3.8, 4) is 33.8 Å². The van der Waals surface area contributed by atoms with Crippen LogP contribution in [0, 0.1) is 5.92 Å². The maximum absolute atomic E-state index is 12.6. The fraction of sp³-hybridized carbons (Fsp3) is 0.222. The lowest BCUT2D eigenvalue weighted by Gasteiger charge is -2.16. The summed E-state index contributed by atoms with van der Waals surface area (Å²) in [5, 5.41) is 0.987. The highest BCUT2D eigenvalue weighted by Gasteiger charge is 2.34. The molecular formula is C36H32Cl2N4O4S. The van der Waals surface area contributed by atoms with Gasteiger partial charge in [-0.15, -0.1) is 0 Å². The number of hydrogen-bond acceptors (Lipinski definition) is 5. The molecule has 8 nitrogen and oxygen atoms in total. The quantitative estimate of drug-likeness (QED) is 0.170. The first-order valence-electron chi connectivity index (χ1n) is 15.5. The Morgan fingerprint density at radius 3 is 2.38 bits per heavy atom. The molecule has 1 N–H and O–H groups in total. The second-order valence-electron chi connectivity index (χ2n) is 12.0. The molecule has 5 aromatic rings. The van der Waals surface area contributed by atoms with Crippen molar-refractivity contribution in [3.05, 3.63) is 119 Å². The summed E-state index contributed by atoms with van der Waals surface area (Å²) >= 11 is 12.7. The third-order valence-corrected chi connectivity index (χ3v) is 10.6. The number of halogens is 2. The minimum Gasteiger partial charge on any atom is -0.493 e. The molecule has 0 spiro atoms. The van der Waals surface area contributed by atoms with E-state index in [1.54, 1.807) is 30.3 Å². The van der Waals surface area contributed by atoms with Gasteiger partial charge in [-0.2, -0.15) is 8.42 Å². The number of amides is 1. The summed E-state index contributed by atoms with van der Waals surface area (Å²) in [4.78, 5) is 16.9. The molecule has 7 rings (SSSR count). The number of nitrogens with one attached hydrogen (secondary N) is 1. The zero-order chi connectivity index (χ0) is 32.5. The summed E-state index contributed by atoms with van der Waals surface area (Å²) in [6, 6.07) is 28.8. The van der Waals surface area contributed by atoms with E-state index in [1.165, 1.54) is 25.7 Å². The number of imidazole rings is 1. The van der Waals surface area contributed by atoms with Crippen LogP contribution in [0.2, 0.25) is 10.0 Å². The van der Waals surface area contributed by atoms with Gasteiger partial charge in [-0.05, 0) is 84.0 Å². The van der Waals surface area contributed by atoms with Crippen molar-refractivity contribution < 1.29 is 17.9 Å². The standard InChI is InChI=1S/C36H32Cl2N4O4S/c37-28-15-16-32(33(38)19-28)34-21-41(29-8-4-9-30(20-29)42-22-36(43)40-47(42,44)45)35(39-34)17-24-11-13-26(14-12-24)27-7-3-10-31(18-27)46-23-25-5-1-2-6-25/h3-4,7-16,18-21,25H,1-2,5-6,17,22-23H2,(H,40,43). The molecule has 47 heavy (non-hydrogen) atoms. The summed E-state index contributed by atoms with van der Waals surface area (Å²) in [5.41, 5.74) is 5.62. The topological polar surface area (TPSA) is 93.5 Å². The van der Waals surface area contributed by atoms with Gasteiger partial charge < -0.3 is 9.30 Å². The number of rotatable bonds is 9. The fourth-order valence-corrected chi connectivity index (χ4v) is 7.87. The molecule has 1 saturated heterocycles. The molecule has 2 aliphatic rings. The predicted molar refractivity (Wildman–Crippen MR) is 186 cm³/mol. The molecule has 1 aliphatic carbocycles. The molecule has 1 amide bonds. The summed E-state index contributed by atoms with van der Waals surface area (Å²) < 4.78 is 36.3. The number of carbonyl (C=O) groups is 1. The Morgan fingerprint density at radius 2 is 1.64 bits per heavy atom. The molecule has 1 saturated carbocycles. The van der Waals surface area contributed by atoms with E-state index in [9.17, 15) is 13.2 Å². The van der Waals surface area contributed by atoms with E-state index in [1.807, 2.05) is 39.8 Å². The molecular weight excluding hydrogens is 655 g/mol. The maximum Gasteiger partial charge on any atom is 0.326 e. The molecule has 0 radical (unpaired) electrons. The molecule has 4 aromatic carbocycles. The molecule has 0 unspecified atom stereocenters. The van der Waals surface area contributed by atoms with Crippen molar-refractivity contribution in [2.75, 3.05) is 17.5 Å². The summed E-state index contributed by atoms with van der Waals surface area (Å²) in [6.07, 6.45) is 7.45. The van der Waals surface area contributed by atoms with Gasteiger partial charge in [0, 0.05) is 28.9 Å². The third kappa shape index (κ3) is 6.88. The van der Waals surface area contributed by atoms with Crippen molar-refractivity contribution in [2.45, 2.75) is 32.1 Å². The Hall–Kier alpha value is -4.31. The van der Waals surface area contributed by atoms with Crippen LogP contribution in [0.4, 0.5) is 5.69 Å². The first-order chi connectivity index (χ1) is 22.7. The average molecular weight is 688 g/mol. The zero-order valence-electron chi connectivity index (χ0n) is 25.4. The number of hydrogen-bond donors (Lipinski definition) is 1. The predicted octanol–water partition coefficient (Wildman–Crippen LogP) is 7.85. The lowest BCUT2D eigenvalue weighted by molar-refractivity contribution is -0.117. The van der Waals surface area contributed by atoms with Gasteiger partial charge in [-0.25, -0.2) is 14.0 Å². The van der Waals surface area contributed by atoms with Gasteiger partial charge in [0.1, 0.15) is 18.1 Å². The number of aromatic nitrogens is 2. The van der Waals surface area contributed by atoms with Crippen LogP contribution in [0.3, 0.4) is 0 Å². The highest BCUT2D eigenvalue weighted by molar-refractivity contribution is 7.92. The first-order valence-corrected chi connectivity index (χ1v) is 17.7. The SMILES string of the molecule is O=C1CN(c2cccc(-n3cc(-c4ccc(Cl)cc4Cl)nc3Cc3ccc(-c4cccc(OCC5CCCC5)c4)cc3)c2)S(=O)(=O)N1. The number of anilines is 1. The Balaban J connectivity index is 1.18. The van der Waals surface area contributed by atoms with Gasteiger partial charge >= 0.3 is 10.2 Å². The highest BCUT2D eigenvalue weighted by Crippen LogP contribution is 2.33. The molecule has 240 valence electrons. The Morgan fingerprint density at radius 1 is 0.872 bits per heavy atom. The Kier molecular flexibility index (Phi) is 8.70.